The van der Waals surface area contributed by atoms with E-state index in [0.717, 1.165) is 17.6 Å². The molecule has 0 aliphatic carbocycles. The third-order valence-corrected chi connectivity index (χ3v) is 2.39. The van der Waals surface area contributed by atoms with Gasteiger partial charge in [0.1, 0.15) is 11.2 Å². The highest BCUT2D eigenvalue weighted by Gasteiger charge is 2.14. The van der Waals surface area contributed by atoms with E-state index in [-0.39, 0.29) is 0 Å². The summed E-state index contributed by atoms with van der Waals surface area (Å²) in [5.74, 6) is 0.577. The van der Waals surface area contributed by atoms with Gasteiger partial charge >= 0.3 is 0 Å². The van der Waals surface area contributed by atoms with Crippen LogP contribution in [0.25, 0.3) is 11.2 Å². The maximum atomic E-state index is 5.60. The molecule has 0 radical (unpaired) electrons. The molecular formula is C11H14O. The molecular weight excluding hydrogens is 148 g/mol. The molecule has 2 heterocycles. The molecule has 12 heavy (non-hydrogen) atoms. The maximum absolute atomic E-state index is 5.60. The summed E-state index contributed by atoms with van der Waals surface area (Å²) in [5.41, 5.74) is 4.88. The molecule has 0 saturated heterocycles. The largest absolute Gasteiger partial charge is 0.457 e. The molecule has 0 aliphatic heterocycles. The van der Waals surface area contributed by atoms with E-state index in [1.165, 1.54) is 11.1 Å². The Labute approximate surface area is 72.7 Å². The van der Waals surface area contributed by atoms with Crippen LogP contribution in [0.2, 0.25) is 0 Å². The van der Waals surface area contributed by atoms with Crippen LogP contribution in [0.15, 0.2) is 16.5 Å². The fourth-order valence-corrected chi connectivity index (χ4v) is 1.68. The topological polar surface area (TPSA) is 13.1 Å². The molecule has 64 valence electrons. The summed E-state index contributed by atoms with van der Waals surface area (Å²) < 4.78 is 5.60. The first-order chi connectivity index (χ1) is 5.72. The molecule has 1 heteroatoms. The first-order valence-electron chi connectivity index (χ1n) is 4.57. The minimum atomic E-state index is 0.577. The molecule has 1 nitrogen and oxygen atoms in total. The van der Waals surface area contributed by atoms with E-state index in [4.69, 9.17) is 4.42 Å². The molecule has 0 N–H and O–H groups in total. The van der Waals surface area contributed by atoms with E-state index in [1.807, 2.05) is 0 Å². The SMILES string of the molecule is CCc1cc2cc(C(C)C)c1o2. The lowest BCUT2D eigenvalue weighted by Crippen LogP contribution is -1.87. The maximum Gasteiger partial charge on any atom is 0.134 e. The second-order valence-electron chi connectivity index (χ2n) is 3.61. The van der Waals surface area contributed by atoms with Crippen LogP contribution in [-0.2, 0) is 6.42 Å². The van der Waals surface area contributed by atoms with Gasteiger partial charge in [0.15, 0.2) is 0 Å². The van der Waals surface area contributed by atoms with Gasteiger partial charge in [-0.25, -0.2) is 0 Å². The first kappa shape index (κ1) is 7.66. The Bertz CT molecular complexity index is 370. The lowest BCUT2D eigenvalue weighted by molar-refractivity contribution is 0.666. The van der Waals surface area contributed by atoms with Gasteiger partial charge in [-0.3, -0.25) is 0 Å². The van der Waals surface area contributed by atoms with Crippen LogP contribution in [0.4, 0.5) is 0 Å². The Hall–Kier alpha value is -0.980. The van der Waals surface area contributed by atoms with Gasteiger partial charge in [0, 0.05) is 5.56 Å². The normalized spacial score (nSPS) is 12.0. The third kappa shape index (κ3) is 0.927. The van der Waals surface area contributed by atoms with Crippen molar-refractivity contribution in [3.63, 3.8) is 0 Å². The van der Waals surface area contributed by atoms with Gasteiger partial charge in [0.2, 0.25) is 0 Å². The van der Waals surface area contributed by atoms with Gasteiger partial charge in [0.05, 0.1) is 0 Å². The Morgan fingerprint density at radius 1 is 1.33 bits per heavy atom. The Kier molecular flexibility index (Phi) is 1.60. The molecule has 2 aromatic heterocycles. The lowest BCUT2D eigenvalue weighted by Gasteiger charge is -2.02. The van der Waals surface area contributed by atoms with Gasteiger partial charge in [-0.15, -0.1) is 0 Å². The second kappa shape index (κ2) is 2.51. The predicted octanol–water partition coefficient (Wildman–Crippen LogP) is 3.56. The van der Waals surface area contributed by atoms with Crippen LogP contribution >= 0.6 is 0 Å². The molecule has 0 aliphatic rings. The summed E-state index contributed by atoms with van der Waals surface area (Å²) in [6.07, 6.45) is 1.07. The van der Waals surface area contributed by atoms with Crippen molar-refractivity contribution in [2.24, 2.45) is 0 Å². The number of furan rings is 2. The summed E-state index contributed by atoms with van der Waals surface area (Å²) in [6, 6.07) is 4.29. The third-order valence-electron chi connectivity index (χ3n) is 2.39. The Balaban J connectivity index is 2.58. The molecule has 0 unspecified atom stereocenters. The minimum Gasteiger partial charge on any atom is -0.457 e. The van der Waals surface area contributed by atoms with E-state index in [0.29, 0.717) is 5.92 Å². The van der Waals surface area contributed by atoms with E-state index >= 15 is 0 Å². The molecule has 2 bridgehead atoms. The van der Waals surface area contributed by atoms with Crippen molar-refractivity contribution in [1.29, 1.82) is 0 Å². The van der Waals surface area contributed by atoms with Crippen molar-refractivity contribution < 1.29 is 4.42 Å². The Morgan fingerprint density at radius 3 is 2.58 bits per heavy atom. The summed E-state index contributed by atoms with van der Waals surface area (Å²) in [7, 11) is 0. The van der Waals surface area contributed by atoms with Crippen molar-refractivity contribution in [3.8, 4) is 0 Å². The smallest absolute Gasteiger partial charge is 0.134 e. The predicted molar refractivity (Wildman–Crippen MR) is 50.9 cm³/mol. The van der Waals surface area contributed by atoms with Crippen molar-refractivity contribution in [2.45, 2.75) is 33.1 Å². The van der Waals surface area contributed by atoms with E-state index in [2.05, 4.69) is 32.9 Å². The van der Waals surface area contributed by atoms with Gasteiger partial charge in [-0.2, -0.15) is 0 Å². The number of benzene rings is 1. The highest BCUT2D eigenvalue weighted by Crippen LogP contribution is 2.32. The minimum absolute atomic E-state index is 0.577. The first-order valence-corrected chi connectivity index (χ1v) is 4.57. The van der Waals surface area contributed by atoms with Crippen LogP contribution in [0.1, 0.15) is 37.8 Å². The zero-order valence-electron chi connectivity index (χ0n) is 7.85. The molecule has 0 saturated carbocycles. The van der Waals surface area contributed by atoms with Crippen molar-refractivity contribution in [1.82, 2.24) is 0 Å². The van der Waals surface area contributed by atoms with E-state index in [9.17, 15) is 0 Å². The van der Waals surface area contributed by atoms with Crippen molar-refractivity contribution in [3.05, 3.63) is 23.3 Å². The highest BCUT2D eigenvalue weighted by atomic mass is 16.3. The van der Waals surface area contributed by atoms with Crippen LogP contribution in [0, 0.1) is 0 Å². The van der Waals surface area contributed by atoms with Gasteiger partial charge in [-0.05, 0) is 30.0 Å². The molecule has 2 rings (SSSR count). The van der Waals surface area contributed by atoms with Gasteiger partial charge in [-0.1, -0.05) is 20.8 Å². The zero-order chi connectivity index (χ0) is 8.72. The number of hydrogen-bond donors (Lipinski definition) is 0. The van der Waals surface area contributed by atoms with Gasteiger partial charge < -0.3 is 4.42 Å². The zero-order valence-corrected chi connectivity index (χ0v) is 7.85. The van der Waals surface area contributed by atoms with Crippen LogP contribution in [0.3, 0.4) is 0 Å². The summed E-state index contributed by atoms with van der Waals surface area (Å²) in [4.78, 5) is 0. The molecule has 0 atom stereocenters. The lowest BCUT2D eigenvalue weighted by atomic mass is 10.00. The summed E-state index contributed by atoms with van der Waals surface area (Å²) in [6.45, 7) is 6.58. The van der Waals surface area contributed by atoms with Gasteiger partial charge in [0.25, 0.3) is 0 Å². The average molecular weight is 162 g/mol. The Morgan fingerprint density at radius 2 is 2.08 bits per heavy atom. The quantitative estimate of drug-likeness (QED) is 0.658. The standard InChI is InChI=1S/C11H14O/c1-4-8-5-9-6-10(7(2)3)11(8)12-9/h5-7H,4H2,1-3H3. The van der Waals surface area contributed by atoms with Crippen LogP contribution in [0.5, 0.6) is 0 Å². The number of rotatable bonds is 2. The summed E-state index contributed by atoms with van der Waals surface area (Å²) >= 11 is 0. The summed E-state index contributed by atoms with van der Waals surface area (Å²) in [5, 5.41) is 0. The van der Waals surface area contributed by atoms with Crippen molar-refractivity contribution in [2.75, 3.05) is 0 Å². The molecule has 0 fully saturated rings. The fraction of sp³-hybridized carbons (Fsp3) is 0.455. The molecule has 0 spiro atoms. The average Bonchev–Trinajstić information content (AvgIpc) is 2.60. The number of aryl methyl sites for hydroxylation is 1. The molecule has 0 aromatic carbocycles. The van der Waals surface area contributed by atoms with Crippen molar-refractivity contribution >= 4 is 11.2 Å². The molecule has 0 amide bonds. The highest BCUT2D eigenvalue weighted by molar-refractivity contribution is 5.71. The van der Waals surface area contributed by atoms with Crippen LogP contribution in [-0.4, -0.2) is 0 Å². The molecule has 2 aromatic rings. The number of fused-ring (bicyclic) bond motifs is 2. The van der Waals surface area contributed by atoms with E-state index < -0.39 is 0 Å². The monoisotopic (exact) mass is 162 g/mol. The van der Waals surface area contributed by atoms with E-state index in [1.54, 1.807) is 0 Å². The number of hydrogen-bond acceptors (Lipinski definition) is 1. The second-order valence-corrected chi connectivity index (χ2v) is 3.61. The van der Waals surface area contributed by atoms with Crippen LogP contribution < -0.4 is 0 Å². The fourth-order valence-electron chi connectivity index (χ4n) is 1.68.